The van der Waals surface area contributed by atoms with Crippen molar-refractivity contribution < 1.29 is 14.6 Å². The third kappa shape index (κ3) is 5.51. The van der Waals surface area contributed by atoms with E-state index >= 15 is 0 Å². The molecule has 0 aromatic heterocycles. The smallest absolute Gasteiger partial charge is 0.229 e. The van der Waals surface area contributed by atoms with Gasteiger partial charge in [0.2, 0.25) is 5.91 Å². The van der Waals surface area contributed by atoms with Crippen LogP contribution in [0.2, 0.25) is 0 Å². The summed E-state index contributed by atoms with van der Waals surface area (Å²) < 4.78 is 5.78. The Morgan fingerprint density at radius 1 is 1.29 bits per heavy atom. The predicted molar refractivity (Wildman–Crippen MR) is 125 cm³/mol. The van der Waals surface area contributed by atoms with Gasteiger partial charge in [-0.15, -0.1) is 0 Å². The zero-order chi connectivity index (χ0) is 22.8. The second-order valence-electron chi connectivity index (χ2n) is 10.1. The normalized spacial score (nSPS) is 19.1. The van der Waals surface area contributed by atoms with Crippen molar-refractivity contribution in [1.29, 1.82) is 0 Å². The van der Waals surface area contributed by atoms with E-state index in [4.69, 9.17) is 4.74 Å². The maximum Gasteiger partial charge on any atom is 0.229 e. The molecular weight excluding hydrogens is 388 g/mol. The quantitative estimate of drug-likeness (QED) is 0.669. The molecule has 3 rings (SSSR count). The van der Waals surface area contributed by atoms with E-state index in [0.29, 0.717) is 18.3 Å². The number of phenols is 1. The molecule has 0 saturated heterocycles. The minimum Gasteiger partial charge on any atom is -0.504 e. The second-order valence-corrected chi connectivity index (χ2v) is 10.1. The lowest BCUT2D eigenvalue weighted by molar-refractivity contribution is -0.131. The summed E-state index contributed by atoms with van der Waals surface area (Å²) in [5, 5.41) is 10.1. The first-order valence-electron chi connectivity index (χ1n) is 11.4. The molecule has 1 amide bonds. The fourth-order valence-electron chi connectivity index (χ4n) is 4.34. The number of ether oxygens (including phenoxy) is 1. The number of phenolic OH excluding ortho intramolecular Hbond substituents is 1. The molecule has 1 N–H and O–H groups in total. The number of benzene rings is 1. The first-order chi connectivity index (χ1) is 14.6. The van der Waals surface area contributed by atoms with Gasteiger partial charge in [0.1, 0.15) is 0 Å². The maximum absolute atomic E-state index is 12.7. The van der Waals surface area contributed by atoms with E-state index in [2.05, 4.69) is 44.7 Å². The number of carbonyl (C=O) groups is 1. The number of hydrogen-bond acceptors (Lipinski definition) is 4. The first-order valence-corrected chi connectivity index (χ1v) is 11.4. The van der Waals surface area contributed by atoms with Crippen molar-refractivity contribution in [2.45, 2.75) is 52.5 Å². The van der Waals surface area contributed by atoms with Gasteiger partial charge in [-0.05, 0) is 67.9 Å². The fourth-order valence-corrected chi connectivity index (χ4v) is 4.34. The average Bonchev–Trinajstić information content (AvgIpc) is 3.17. The molecule has 0 radical (unpaired) electrons. The van der Waals surface area contributed by atoms with Crippen molar-refractivity contribution in [2.75, 3.05) is 33.8 Å². The van der Waals surface area contributed by atoms with Gasteiger partial charge in [-0.3, -0.25) is 9.69 Å². The van der Waals surface area contributed by atoms with E-state index in [1.165, 1.54) is 16.7 Å². The van der Waals surface area contributed by atoms with Gasteiger partial charge in [0, 0.05) is 32.7 Å². The molecule has 1 aliphatic carbocycles. The molecule has 0 spiro atoms. The standard InChI is InChI=1S/C26H38N2O3/c1-18(2)17-31-24-14-19(10-11-23(24)29)12-13-26(3,4)28-15-20-8-7-9-21(22(20)16-28)25(30)27(5)6/h7-8,10-11,14,18,21,29H,9,12-13,15-17H2,1-6H3. The lowest BCUT2D eigenvalue weighted by Gasteiger charge is -2.36. The van der Waals surface area contributed by atoms with Gasteiger partial charge in [-0.25, -0.2) is 0 Å². The minimum atomic E-state index is -0.0198. The Labute approximate surface area is 187 Å². The van der Waals surface area contributed by atoms with Crippen LogP contribution in [-0.4, -0.2) is 60.1 Å². The van der Waals surface area contributed by atoms with Gasteiger partial charge in [-0.1, -0.05) is 32.1 Å². The van der Waals surface area contributed by atoms with E-state index in [1.54, 1.807) is 11.0 Å². The monoisotopic (exact) mass is 426 g/mol. The van der Waals surface area contributed by atoms with E-state index in [1.807, 2.05) is 26.2 Å². The molecule has 1 aliphatic heterocycles. The molecule has 1 unspecified atom stereocenters. The molecule has 5 heteroatoms. The van der Waals surface area contributed by atoms with Gasteiger partial charge < -0.3 is 14.7 Å². The first kappa shape index (κ1) is 23.4. The van der Waals surface area contributed by atoms with Crippen LogP contribution in [-0.2, 0) is 11.2 Å². The van der Waals surface area contributed by atoms with Crippen LogP contribution < -0.4 is 4.74 Å². The summed E-state index contributed by atoms with van der Waals surface area (Å²) in [7, 11) is 3.68. The molecular formula is C26H38N2O3. The number of carbonyl (C=O) groups excluding carboxylic acids is 1. The number of allylic oxidation sites excluding steroid dienone is 1. The Hall–Kier alpha value is -2.27. The Kier molecular flexibility index (Phi) is 7.15. The van der Waals surface area contributed by atoms with Crippen molar-refractivity contribution in [1.82, 2.24) is 9.80 Å². The number of amides is 1. The summed E-state index contributed by atoms with van der Waals surface area (Å²) >= 11 is 0. The van der Waals surface area contributed by atoms with Crippen LogP contribution in [0.5, 0.6) is 11.5 Å². The lowest BCUT2D eigenvalue weighted by atomic mass is 9.87. The van der Waals surface area contributed by atoms with Gasteiger partial charge in [0.25, 0.3) is 0 Å². The van der Waals surface area contributed by atoms with E-state index in [-0.39, 0.29) is 23.1 Å². The summed E-state index contributed by atoms with van der Waals surface area (Å²) in [6.45, 7) is 11.1. The number of aryl methyl sites for hydroxylation is 1. The number of aromatic hydroxyl groups is 1. The van der Waals surface area contributed by atoms with Crippen molar-refractivity contribution in [3.8, 4) is 11.5 Å². The largest absolute Gasteiger partial charge is 0.504 e. The molecule has 0 saturated carbocycles. The highest BCUT2D eigenvalue weighted by Crippen LogP contribution is 2.37. The number of hydrogen-bond donors (Lipinski definition) is 1. The second kappa shape index (κ2) is 9.47. The third-order valence-corrected chi connectivity index (χ3v) is 6.46. The average molecular weight is 427 g/mol. The fraction of sp³-hybridized carbons (Fsp3) is 0.577. The molecule has 31 heavy (non-hydrogen) atoms. The summed E-state index contributed by atoms with van der Waals surface area (Å²) in [5.41, 5.74) is 3.77. The zero-order valence-electron chi connectivity index (χ0n) is 19.9. The van der Waals surface area contributed by atoms with Crippen LogP contribution in [0, 0.1) is 11.8 Å². The van der Waals surface area contributed by atoms with E-state index in [9.17, 15) is 9.90 Å². The van der Waals surface area contributed by atoms with Crippen LogP contribution in [0.1, 0.15) is 46.1 Å². The Morgan fingerprint density at radius 3 is 2.71 bits per heavy atom. The Morgan fingerprint density at radius 2 is 2.03 bits per heavy atom. The van der Waals surface area contributed by atoms with Crippen molar-refractivity contribution in [3.05, 3.63) is 47.1 Å². The number of nitrogens with zero attached hydrogens (tertiary/aromatic N) is 2. The van der Waals surface area contributed by atoms with Crippen LogP contribution in [0.3, 0.4) is 0 Å². The highest BCUT2D eigenvalue weighted by atomic mass is 16.5. The molecule has 1 atom stereocenters. The number of rotatable bonds is 8. The molecule has 1 aromatic rings. The van der Waals surface area contributed by atoms with Crippen LogP contribution in [0.4, 0.5) is 0 Å². The molecule has 0 bridgehead atoms. The molecule has 5 nitrogen and oxygen atoms in total. The summed E-state index contributed by atoms with van der Waals surface area (Å²) in [6.07, 6.45) is 7.05. The highest BCUT2D eigenvalue weighted by molar-refractivity contribution is 5.82. The molecule has 170 valence electrons. The van der Waals surface area contributed by atoms with Crippen LogP contribution in [0.25, 0.3) is 0 Å². The van der Waals surface area contributed by atoms with Crippen molar-refractivity contribution in [2.24, 2.45) is 11.8 Å². The van der Waals surface area contributed by atoms with Crippen molar-refractivity contribution in [3.63, 3.8) is 0 Å². The van der Waals surface area contributed by atoms with Crippen LogP contribution >= 0.6 is 0 Å². The topological polar surface area (TPSA) is 53.0 Å². The Balaban J connectivity index is 1.64. The summed E-state index contributed by atoms with van der Waals surface area (Å²) in [6, 6.07) is 5.68. The summed E-state index contributed by atoms with van der Waals surface area (Å²) in [4.78, 5) is 16.9. The van der Waals surface area contributed by atoms with Crippen LogP contribution in [0.15, 0.2) is 41.5 Å². The summed E-state index contributed by atoms with van der Waals surface area (Å²) in [5.74, 6) is 1.36. The van der Waals surface area contributed by atoms with Gasteiger partial charge >= 0.3 is 0 Å². The maximum atomic E-state index is 12.7. The van der Waals surface area contributed by atoms with Gasteiger partial charge in [-0.2, -0.15) is 0 Å². The molecule has 0 fully saturated rings. The molecule has 2 aliphatic rings. The Bertz CT molecular complexity index is 867. The zero-order valence-corrected chi connectivity index (χ0v) is 19.9. The van der Waals surface area contributed by atoms with E-state index in [0.717, 1.165) is 32.4 Å². The van der Waals surface area contributed by atoms with E-state index < -0.39 is 0 Å². The molecule has 1 aromatic carbocycles. The third-order valence-electron chi connectivity index (χ3n) is 6.46. The lowest BCUT2D eigenvalue weighted by Crippen LogP contribution is -2.43. The predicted octanol–water partition coefficient (Wildman–Crippen LogP) is 4.41. The SMILES string of the molecule is CC(C)COc1cc(CCC(C)(C)N2CC3=C(C2)C(C(=O)N(C)C)CC=C3)ccc1O. The molecule has 1 heterocycles. The van der Waals surface area contributed by atoms with Gasteiger partial charge in [0.15, 0.2) is 11.5 Å². The van der Waals surface area contributed by atoms with Crippen molar-refractivity contribution >= 4 is 5.91 Å². The minimum absolute atomic E-state index is 0.00622. The van der Waals surface area contributed by atoms with Gasteiger partial charge in [0.05, 0.1) is 12.5 Å². The highest BCUT2D eigenvalue weighted by Gasteiger charge is 2.38.